The van der Waals surface area contributed by atoms with E-state index in [1.54, 1.807) is 30.3 Å². The number of hydrogen-bond donors (Lipinski definition) is 0. The van der Waals surface area contributed by atoms with Crippen molar-refractivity contribution in [2.24, 2.45) is 0 Å². The van der Waals surface area contributed by atoms with E-state index < -0.39 is 5.54 Å². The molecule has 24 heavy (non-hydrogen) atoms. The van der Waals surface area contributed by atoms with Crippen molar-refractivity contribution in [1.29, 1.82) is 0 Å². The number of halogens is 1. The second-order valence-electron chi connectivity index (χ2n) is 6.43. The van der Waals surface area contributed by atoms with Crippen molar-refractivity contribution in [2.45, 2.75) is 26.0 Å². The lowest BCUT2D eigenvalue weighted by molar-refractivity contribution is 0.0118. The van der Waals surface area contributed by atoms with E-state index in [1.807, 2.05) is 32.0 Å². The van der Waals surface area contributed by atoms with E-state index in [0.717, 1.165) is 5.56 Å². The molecule has 0 spiro atoms. The Morgan fingerprint density at radius 1 is 1.00 bits per heavy atom. The van der Waals surface area contributed by atoms with Crippen LogP contribution in [0.3, 0.4) is 0 Å². The molecule has 0 N–H and O–H groups in total. The maximum Gasteiger partial charge on any atom is 0.262 e. The first-order valence-corrected chi connectivity index (χ1v) is 8.08. The van der Waals surface area contributed by atoms with Gasteiger partial charge < -0.3 is 4.74 Å². The zero-order chi connectivity index (χ0) is 17.3. The van der Waals surface area contributed by atoms with Crippen LogP contribution in [0.2, 0.25) is 5.02 Å². The molecule has 3 rings (SSSR count). The van der Waals surface area contributed by atoms with Crippen LogP contribution in [0.15, 0.2) is 48.5 Å². The monoisotopic (exact) mass is 343 g/mol. The number of benzene rings is 2. The van der Waals surface area contributed by atoms with Gasteiger partial charge in [0.2, 0.25) is 0 Å². The summed E-state index contributed by atoms with van der Waals surface area (Å²) >= 11 is 5.95. The van der Waals surface area contributed by atoms with E-state index in [0.29, 0.717) is 22.8 Å². The Labute approximate surface area is 146 Å². The van der Waals surface area contributed by atoms with E-state index in [-0.39, 0.29) is 18.4 Å². The van der Waals surface area contributed by atoms with Crippen molar-refractivity contribution in [2.75, 3.05) is 6.61 Å². The Kier molecular flexibility index (Phi) is 4.43. The molecule has 0 radical (unpaired) electrons. The number of fused-ring (bicyclic) bond motifs is 1. The number of nitrogens with zero attached hydrogens (tertiary/aromatic N) is 1. The number of hydrogen-bond acceptors (Lipinski definition) is 3. The molecule has 124 valence electrons. The van der Waals surface area contributed by atoms with Gasteiger partial charge in [0, 0.05) is 5.02 Å². The van der Waals surface area contributed by atoms with Crippen LogP contribution in [0.25, 0.3) is 0 Å². The van der Waals surface area contributed by atoms with E-state index in [4.69, 9.17) is 16.3 Å². The van der Waals surface area contributed by atoms with Crippen LogP contribution in [0.4, 0.5) is 0 Å². The summed E-state index contributed by atoms with van der Waals surface area (Å²) in [6.45, 7) is 4.26. The van der Waals surface area contributed by atoms with E-state index in [2.05, 4.69) is 0 Å². The van der Waals surface area contributed by atoms with Crippen LogP contribution in [0.5, 0.6) is 0 Å². The molecule has 0 saturated carbocycles. The highest BCUT2D eigenvalue weighted by molar-refractivity contribution is 6.30. The molecule has 0 saturated heterocycles. The minimum atomic E-state index is -0.744. The Morgan fingerprint density at radius 2 is 1.62 bits per heavy atom. The van der Waals surface area contributed by atoms with Crippen LogP contribution in [0, 0.1) is 0 Å². The van der Waals surface area contributed by atoms with Gasteiger partial charge in [-0.15, -0.1) is 0 Å². The van der Waals surface area contributed by atoms with E-state index in [9.17, 15) is 9.59 Å². The number of carbonyl (C=O) groups excluding carboxylic acids is 2. The van der Waals surface area contributed by atoms with Crippen molar-refractivity contribution in [3.63, 3.8) is 0 Å². The molecular formula is C19H18ClNO3. The van der Waals surface area contributed by atoms with Gasteiger partial charge in [-0.1, -0.05) is 35.9 Å². The van der Waals surface area contributed by atoms with Gasteiger partial charge in [0.05, 0.1) is 29.9 Å². The summed E-state index contributed by atoms with van der Waals surface area (Å²) in [7, 11) is 0. The van der Waals surface area contributed by atoms with E-state index in [1.165, 1.54) is 4.90 Å². The summed E-state index contributed by atoms with van der Waals surface area (Å²) in [5.74, 6) is -0.543. The van der Waals surface area contributed by atoms with Crippen molar-refractivity contribution in [3.05, 3.63) is 70.2 Å². The van der Waals surface area contributed by atoms with Crippen LogP contribution in [-0.2, 0) is 11.3 Å². The summed E-state index contributed by atoms with van der Waals surface area (Å²) < 4.78 is 5.74. The summed E-state index contributed by atoms with van der Waals surface area (Å²) in [5.41, 5.74) is 1.10. The molecule has 1 aliphatic heterocycles. The third-order valence-corrected chi connectivity index (χ3v) is 4.25. The molecule has 5 heteroatoms. The molecule has 0 fully saturated rings. The van der Waals surface area contributed by atoms with Gasteiger partial charge in [-0.3, -0.25) is 14.5 Å². The molecular weight excluding hydrogens is 326 g/mol. The summed E-state index contributed by atoms with van der Waals surface area (Å²) in [6, 6.07) is 14.3. The van der Waals surface area contributed by atoms with Gasteiger partial charge in [0.15, 0.2) is 0 Å². The van der Waals surface area contributed by atoms with Crippen LogP contribution >= 0.6 is 11.6 Å². The van der Waals surface area contributed by atoms with Crippen molar-refractivity contribution in [3.8, 4) is 0 Å². The highest BCUT2D eigenvalue weighted by Crippen LogP contribution is 2.29. The van der Waals surface area contributed by atoms with Gasteiger partial charge in [-0.25, -0.2) is 0 Å². The van der Waals surface area contributed by atoms with E-state index >= 15 is 0 Å². The first kappa shape index (κ1) is 16.7. The zero-order valence-electron chi connectivity index (χ0n) is 13.6. The van der Waals surface area contributed by atoms with Gasteiger partial charge in [-0.2, -0.15) is 0 Å². The average molecular weight is 344 g/mol. The largest absolute Gasteiger partial charge is 0.374 e. The second-order valence-corrected chi connectivity index (χ2v) is 6.86. The SMILES string of the molecule is CC(C)(COCc1cccc(Cl)c1)N1C(=O)c2ccccc2C1=O. The number of amides is 2. The second kappa shape index (κ2) is 6.38. The van der Waals surface area contributed by atoms with Gasteiger partial charge >= 0.3 is 0 Å². The Balaban J connectivity index is 1.70. The molecule has 4 nitrogen and oxygen atoms in total. The summed E-state index contributed by atoms with van der Waals surface area (Å²) in [4.78, 5) is 26.4. The minimum absolute atomic E-state index is 0.241. The Bertz CT molecular complexity index is 766. The molecule has 1 heterocycles. The fourth-order valence-corrected chi connectivity index (χ4v) is 3.06. The van der Waals surface area contributed by atoms with Crippen LogP contribution in [0.1, 0.15) is 40.1 Å². The molecule has 2 aromatic rings. The first-order chi connectivity index (χ1) is 11.4. The normalized spacial score (nSPS) is 14.2. The molecule has 0 unspecified atom stereocenters. The predicted molar refractivity (Wildman–Crippen MR) is 92.1 cm³/mol. The molecule has 1 aliphatic rings. The maximum absolute atomic E-state index is 12.6. The lowest BCUT2D eigenvalue weighted by atomic mass is 10.0. The number of rotatable bonds is 5. The fraction of sp³-hybridized carbons (Fsp3) is 0.263. The van der Waals surface area contributed by atoms with Crippen LogP contribution < -0.4 is 0 Å². The van der Waals surface area contributed by atoms with Crippen molar-refractivity contribution >= 4 is 23.4 Å². The minimum Gasteiger partial charge on any atom is -0.374 e. The van der Waals surface area contributed by atoms with Gasteiger partial charge in [0.25, 0.3) is 11.8 Å². The number of imide groups is 1. The van der Waals surface area contributed by atoms with Crippen molar-refractivity contribution < 1.29 is 14.3 Å². The predicted octanol–water partition coefficient (Wildman–Crippen LogP) is 3.93. The molecule has 0 aromatic heterocycles. The number of ether oxygens (including phenoxy) is 1. The standard InChI is InChI=1S/C19H18ClNO3/c1-19(2,12-24-11-13-6-5-7-14(20)10-13)21-17(22)15-8-3-4-9-16(15)18(21)23/h3-10H,11-12H2,1-2H3. The lowest BCUT2D eigenvalue weighted by Gasteiger charge is -2.33. The maximum atomic E-state index is 12.6. The molecule has 0 atom stereocenters. The third kappa shape index (κ3) is 3.07. The number of carbonyl (C=O) groups is 2. The molecule has 0 aliphatic carbocycles. The molecule has 0 bridgehead atoms. The smallest absolute Gasteiger partial charge is 0.262 e. The average Bonchev–Trinajstić information content (AvgIpc) is 2.80. The highest BCUT2D eigenvalue weighted by Gasteiger charge is 2.43. The fourth-order valence-electron chi connectivity index (χ4n) is 2.85. The topological polar surface area (TPSA) is 46.6 Å². The summed E-state index contributed by atoms with van der Waals surface area (Å²) in [5, 5.41) is 0.649. The Hall–Kier alpha value is -2.17. The molecule has 2 amide bonds. The van der Waals surface area contributed by atoms with Gasteiger partial charge in [-0.05, 0) is 43.7 Å². The lowest BCUT2D eigenvalue weighted by Crippen LogP contribution is -2.50. The molecule has 2 aromatic carbocycles. The van der Waals surface area contributed by atoms with Crippen molar-refractivity contribution in [1.82, 2.24) is 4.90 Å². The first-order valence-electron chi connectivity index (χ1n) is 7.70. The quantitative estimate of drug-likeness (QED) is 0.773. The zero-order valence-corrected chi connectivity index (χ0v) is 14.3. The summed E-state index contributed by atoms with van der Waals surface area (Å²) in [6.07, 6.45) is 0. The van der Waals surface area contributed by atoms with Crippen LogP contribution in [-0.4, -0.2) is 28.9 Å². The third-order valence-electron chi connectivity index (χ3n) is 4.01. The Morgan fingerprint density at radius 3 is 2.21 bits per heavy atom. The van der Waals surface area contributed by atoms with Gasteiger partial charge in [0.1, 0.15) is 0 Å². The highest BCUT2D eigenvalue weighted by atomic mass is 35.5.